The average Bonchev–Trinajstić information content (AvgIpc) is 3.65. The number of nitrogens with zero attached hydrogens (tertiary/aromatic N) is 4. The van der Waals surface area contributed by atoms with Crippen molar-refractivity contribution in [2.45, 2.75) is 44.6 Å². The zero-order chi connectivity index (χ0) is 29.6. The maximum atomic E-state index is 14.2. The van der Waals surface area contributed by atoms with Crippen molar-refractivity contribution in [3.8, 4) is 5.75 Å². The van der Waals surface area contributed by atoms with Gasteiger partial charge in [0.05, 0.1) is 7.11 Å². The molecule has 7 rings (SSSR count). The Morgan fingerprint density at radius 1 is 0.909 bits per heavy atom. The van der Waals surface area contributed by atoms with E-state index < -0.39 is 0 Å². The highest BCUT2D eigenvalue weighted by Crippen LogP contribution is 2.52. The van der Waals surface area contributed by atoms with Crippen LogP contribution in [-0.4, -0.2) is 41.0 Å². The van der Waals surface area contributed by atoms with E-state index in [-0.39, 0.29) is 53.3 Å². The van der Waals surface area contributed by atoms with Crippen LogP contribution in [0.15, 0.2) is 109 Å². The smallest absolute Gasteiger partial charge is 0.266 e. The molecular formula is C36H35BrN4O3. The van der Waals surface area contributed by atoms with Gasteiger partial charge in [-0.2, -0.15) is 0 Å². The zero-order valence-electron chi connectivity index (χ0n) is 24.9. The molecule has 2 aliphatic rings. The van der Waals surface area contributed by atoms with E-state index in [4.69, 9.17) is 4.74 Å². The number of benzene rings is 4. The first-order chi connectivity index (χ1) is 21.0. The van der Waals surface area contributed by atoms with Crippen molar-refractivity contribution < 1.29 is 35.9 Å². The molecule has 0 aliphatic carbocycles. The maximum absolute atomic E-state index is 14.2. The minimum Gasteiger partial charge on any atom is -1.00 e. The number of aromatic nitrogens is 2. The highest BCUT2D eigenvalue weighted by atomic mass is 79.9. The van der Waals surface area contributed by atoms with Gasteiger partial charge >= 0.3 is 0 Å². The fourth-order valence-electron chi connectivity index (χ4n) is 7.04. The molecule has 2 aliphatic heterocycles. The summed E-state index contributed by atoms with van der Waals surface area (Å²) in [6.45, 7) is 4.13. The largest absolute Gasteiger partial charge is 1.00 e. The maximum Gasteiger partial charge on any atom is 0.266 e. The molecule has 44 heavy (non-hydrogen) atoms. The van der Waals surface area contributed by atoms with Gasteiger partial charge in [0.2, 0.25) is 12.1 Å². The normalized spacial score (nSPS) is 18.5. The second kappa shape index (κ2) is 11.9. The number of para-hydroxylation sites is 3. The monoisotopic (exact) mass is 650 g/mol. The second-order valence-corrected chi connectivity index (χ2v) is 11.8. The van der Waals surface area contributed by atoms with Crippen molar-refractivity contribution >= 4 is 28.4 Å². The van der Waals surface area contributed by atoms with Crippen LogP contribution >= 0.6 is 0 Å². The van der Waals surface area contributed by atoms with Crippen LogP contribution in [0.3, 0.4) is 0 Å². The fourth-order valence-corrected chi connectivity index (χ4v) is 7.04. The summed E-state index contributed by atoms with van der Waals surface area (Å²) in [5.74, 6) is 0.788. The molecule has 1 aromatic heterocycles. The van der Waals surface area contributed by atoms with Crippen LogP contribution in [0, 0.1) is 0 Å². The number of carbonyl (C=O) groups is 2. The van der Waals surface area contributed by atoms with E-state index in [0.29, 0.717) is 17.9 Å². The van der Waals surface area contributed by atoms with Gasteiger partial charge in [-0.25, -0.2) is 9.13 Å². The summed E-state index contributed by atoms with van der Waals surface area (Å²) >= 11 is 0. The van der Waals surface area contributed by atoms with E-state index >= 15 is 0 Å². The van der Waals surface area contributed by atoms with Gasteiger partial charge in [-0.1, -0.05) is 67.6 Å². The fraction of sp³-hybridized carbons (Fsp3) is 0.250. The number of methoxy groups -OCH3 is 1. The first-order valence-electron chi connectivity index (χ1n) is 14.8. The molecule has 1 fully saturated rings. The van der Waals surface area contributed by atoms with Crippen LogP contribution in [0.5, 0.6) is 5.75 Å². The third-order valence-electron chi connectivity index (χ3n) is 9.19. The Morgan fingerprint density at radius 3 is 2.39 bits per heavy atom. The molecule has 0 saturated carbocycles. The standard InChI is InChI=1S/C36H35N4O3.BrH/c1-36-20-21-39(35(36)40(22-26-10-4-3-5-11-26)30-13-7-6-12-29(30)36)34(42)24-38-25-37(31-14-8-9-15-32(31)38)23-33(41)27-16-18-28(43-2)19-17-27;/h3-19,25,35H,20-24H2,1-2H3;1H/q+1;/p-1. The summed E-state index contributed by atoms with van der Waals surface area (Å²) < 4.78 is 9.16. The van der Waals surface area contributed by atoms with E-state index in [9.17, 15) is 9.59 Å². The second-order valence-electron chi connectivity index (χ2n) is 11.8. The minimum atomic E-state index is -0.148. The highest BCUT2D eigenvalue weighted by molar-refractivity contribution is 5.95. The van der Waals surface area contributed by atoms with Crippen LogP contribution in [0.2, 0.25) is 0 Å². The van der Waals surface area contributed by atoms with Gasteiger partial charge in [-0.3, -0.25) is 9.59 Å². The molecule has 7 nitrogen and oxygen atoms in total. The predicted molar refractivity (Wildman–Crippen MR) is 166 cm³/mol. The van der Waals surface area contributed by atoms with Gasteiger partial charge in [-0.05, 0) is 60.0 Å². The number of likely N-dealkylation sites (tertiary alicyclic amines) is 1. The Kier molecular flexibility index (Phi) is 8.03. The van der Waals surface area contributed by atoms with Crippen LogP contribution in [0.1, 0.15) is 34.8 Å². The molecule has 224 valence electrons. The number of ether oxygens (including phenoxy) is 1. The van der Waals surface area contributed by atoms with E-state index in [1.165, 1.54) is 16.8 Å². The Balaban J connectivity index is 0.00000343. The van der Waals surface area contributed by atoms with Crippen molar-refractivity contribution in [2.75, 3.05) is 18.6 Å². The number of halogens is 1. The SMILES string of the molecule is COc1ccc(C(=O)C[n+]2cn(CC(=O)N3CCC4(C)c5ccccc5N(Cc5ccccc5)C34)c3ccccc32)cc1.[Br-]. The van der Waals surface area contributed by atoms with Gasteiger partial charge in [0.15, 0.2) is 24.1 Å². The lowest BCUT2D eigenvalue weighted by molar-refractivity contribution is -0.657. The Morgan fingerprint density at radius 2 is 1.61 bits per heavy atom. The molecule has 0 bridgehead atoms. The van der Waals surface area contributed by atoms with E-state index in [1.807, 2.05) is 45.8 Å². The van der Waals surface area contributed by atoms with Crippen LogP contribution < -0.4 is 31.2 Å². The van der Waals surface area contributed by atoms with Crippen molar-refractivity contribution in [1.82, 2.24) is 9.47 Å². The van der Waals surface area contributed by atoms with Crippen molar-refractivity contribution in [3.63, 3.8) is 0 Å². The molecule has 0 radical (unpaired) electrons. The van der Waals surface area contributed by atoms with E-state index in [1.54, 1.807) is 31.4 Å². The van der Waals surface area contributed by atoms with Crippen molar-refractivity contribution in [2.24, 2.45) is 0 Å². The van der Waals surface area contributed by atoms with Gasteiger partial charge in [0.1, 0.15) is 11.9 Å². The first-order valence-corrected chi connectivity index (χ1v) is 14.8. The molecule has 5 aromatic rings. The summed E-state index contributed by atoms with van der Waals surface area (Å²) in [5.41, 5.74) is 6.06. The van der Waals surface area contributed by atoms with Crippen molar-refractivity contribution in [3.05, 3.63) is 126 Å². The average molecular weight is 652 g/mol. The number of carbonyl (C=O) groups excluding carboxylic acids is 2. The first kappa shape index (κ1) is 29.6. The number of fused-ring (bicyclic) bond motifs is 4. The topological polar surface area (TPSA) is 58.7 Å². The van der Waals surface area contributed by atoms with E-state index in [0.717, 1.165) is 24.0 Å². The molecule has 2 atom stereocenters. The zero-order valence-corrected chi connectivity index (χ0v) is 26.5. The molecule has 8 heteroatoms. The third-order valence-corrected chi connectivity index (χ3v) is 9.19. The number of ketones is 1. The molecule has 3 heterocycles. The van der Waals surface area contributed by atoms with Gasteiger partial charge in [0.25, 0.3) is 5.91 Å². The minimum absolute atomic E-state index is 0. The quantitative estimate of drug-likeness (QED) is 0.191. The molecule has 1 amide bonds. The number of hydrogen-bond acceptors (Lipinski definition) is 4. The third kappa shape index (κ3) is 5.07. The molecule has 0 N–H and O–H groups in total. The molecular weight excluding hydrogens is 616 g/mol. The highest BCUT2D eigenvalue weighted by Gasteiger charge is 2.55. The van der Waals surface area contributed by atoms with E-state index in [2.05, 4.69) is 65.3 Å². The van der Waals surface area contributed by atoms with Crippen LogP contribution in [0.4, 0.5) is 5.69 Å². The summed E-state index contributed by atoms with van der Waals surface area (Å²) in [6.07, 6.45) is 2.75. The number of imidazole rings is 1. The number of amides is 1. The van der Waals surface area contributed by atoms with Gasteiger partial charge < -0.3 is 31.5 Å². The predicted octanol–water partition coefficient (Wildman–Crippen LogP) is 2.36. The summed E-state index contributed by atoms with van der Waals surface area (Å²) in [5, 5.41) is 0. The number of Topliss-reactive ketones (excluding diaryl/α,β-unsaturated/α-hetero) is 1. The lowest BCUT2D eigenvalue weighted by Gasteiger charge is -2.36. The number of hydrogen-bond donors (Lipinski definition) is 0. The molecule has 2 unspecified atom stereocenters. The molecule has 0 spiro atoms. The lowest BCUT2D eigenvalue weighted by atomic mass is 9.81. The van der Waals surface area contributed by atoms with Crippen LogP contribution in [-0.2, 0) is 29.8 Å². The lowest BCUT2D eigenvalue weighted by Crippen LogP contribution is -3.00. The summed E-state index contributed by atoms with van der Waals surface area (Å²) in [7, 11) is 1.61. The van der Waals surface area contributed by atoms with Gasteiger partial charge in [-0.15, -0.1) is 0 Å². The van der Waals surface area contributed by atoms with Crippen LogP contribution in [0.25, 0.3) is 11.0 Å². The molecule has 4 aromatic carbocycles. The van der Waals surface area contributed by atoms with Crippen molar-refractivity contribution in [1.29, 1.82) is 0 Å². The summed E-state index contributed by atoms with van der Waals surface area (Å²) in [6, 6.07) is 34.2. The number of anilines is 1. The summed E-state index contributed by atoms with van der Waals surface area (Å²) in [4.78, 5) is 31.9. The Labute approximate surface area is 268 Å². The number of rotatable bonds is 8. The Bertz CT molecular complexity index is 1820. The molecule has 1 saturated heterocycles. The van der Waals surface area contributed by atoms with Gasteiger partial charge in [0, 0.05) is 29.8 Å². The Hall–Kier alpha value is -4.43.